The second kappa shape index (κ2) is 2.99. The molecule has 1 rings (SSSR count). The van der Waals surface area contributed by atoms with Crippen LogP contribution < -0.4 is 0 Å². The number of hydrogen-bond acceptors (Lipinski definition) is 4. The molecule has 0 aromatic heterocycles. The smallest absolute Gasteiger partial charge is 0.151 e. The zero-order valence-electron chi connectivity index (χ0n) is 6.86. The third-order valence-corrected chi connectivity index (χ3v) is 5.67. The van der Waals surface area contributed by atoms with Gasteiger partial charge in [0.1, 0.15) is 0 Å². The molecule has 1 atom stereocenters. The van der Waals surface area contributed by atoms with Gasteiger partial charge >= 0.3 is 0 Å². The van der Waals surface area contributed by atoms with Crippen molar-refractivity contribution < 1.29 is 16.8 Å². The van der Waals surface area contributed by atoms with Crippen molar-refractivity contribution in [3.8, 4) is 0 Å². The quantitative estimate of drug-likeness (QED) is 0.593. The average molecular weight is 212 g/mol. The summed E-state index contributed by atoms with van der Waals surface area (Å²) in [5, 5.41) is -0.670. The van der Waals surface area contributed by atoms with Gasteiger partial charge in [-0.05, 0) is 12.8 Å². The van der Waals surface area contributed by atoms with Gasteiger partial charge < -0.3 is 0 Å². The first-order valence-electron chi connectivity index (χ1n) is 3.70. The van der Waals surface area contributed by atoms with Gasteiger partial charge in [0.25, 0.3) is 0 Å². The fourth-order valence-electron chi connectivity index (χ4n) is 1.32. The third-order valence-electron chi connectivity index (χ3n) is 2.03. The molecule has 0 radical (unpaired) electrons. The van der Waals surface area contributed by atoms with E-state index in [1.165, 1.54) is 0 Å². The molecule has 0 spiro atoms. The van der Waals surface area contributed by atoms with Crippen molar-refractivity contribution in [2.24, 2.45) is 0 Å². The molecule has 0 aromatic rings. The summed E-state index contributed by atoms with van der Waals surface area (Å²) >= 11 is 0. The van der Waals surface area contributed by atoms with Gasteiger partial charge in [0.15, 0.2) is 19.7 Å². The zero-order chi connectivity index (χ0) is 9.41. The Labute approximate surface area is 72.8 Å². The number of hydrogen-bond donors (Lipinski definition) is 0. The lowest BCUT2D eigenvalue weighted by molar-refractivity contribution is 0.555. The minimum absolute atomic E-state index is 0.138. The predicted molar refractivity (Wildman–Crippen MR) is 46.5 cm³/mol. The molecular formula is C6H12O4S2. The zero-order valence-corrected chi connectivity index (χ0v) is 8.49. The monoisotopic (exact) mass is 212 g/mol. The van der Waals surface area contributed by atoms with Gasteiger partial charge in [0.2, 0.25) is 0 Å². The lowest BCUT2D eigenvalue weighted by Crippen LogP contribution is -2.34. The summed E-state index contributed by atoms with van der Waals surface area (Å²) in [5.41, 5.74) is 0. The summed E-state index contributed by atoms with van der Waals surface area (Å²) < 4.78 is 44.1. The van der Waals surface area contributed by atoms with Crippen molar-refractivity contribution >= 4 is 19.7 Å². The average Bonchev–Trinajstić information content (AvgIpc) is 1.83. The summed E-state index contributed by atoms with van der Waals surface area (Å²) in [6, 6.07) is 0. The molecule has 1 aliphatic heterocycles. The molecule has 0 aliphatic carbocycles. The minimum Gasteiger partial charge on any atom is -0.229 e. The molecule has 1 fully saturated rings. The van der Waals surface area contributed by atoms with Crippen LogP contribution in [0.5, 0.6) is 0 Å². The largest absolute Gasteiger partial charge is 0.229 e. The highest BCUT2D eigenvalue weighted by Gasteiger charge is 2.31. The lowest BCUT2D eigenvalue weighted by Gasteiger charge is -2.19. The summed E-state index contributed by atoms with van der Waals surface area (Å²) in [7, 11) is -6.27. The van der Waals surface area contributed by atoms with E-state index in [1.807, 2.05) is 0 Å². The molecule has 1 saturated heterocycles. The van der Waals surface area contributed by atoms with Crippen LogP contribution in [0.1, 0.15) is 12.8 Å². The molecule has 1 unspecified atom stereocenters. The Balaban J connectivity index is 2.86. The van der Waals surface area contributed by atoms with Crippen molar-refractivity contribution in [3.63, 3.8) is 0 Å². The first-order valence-corrected chi connectivity index (χ1v) is 7.48. The van der Waals surface area contributed by atoms with Crippen molar-refractivity contribution in [2.45, 2.75) is 18.1 Å². The van der Waals surface area contributed by atoms with E-state index in [0.29, 0.717) is 12.8 Å². The van der Waals surface area contributed by atoms with Crippen molar-refractivity contribution in [1.29, 1.82) is 0 Å². The van der Waals surface area contributed by atoms with E-state index in [4.69, 9.17) is 0 Å². The van der Waals surface area contributed by atoms with Crippen LogP contribution in [0.25, 0.3) is 0 Å². The molecule has 1 heterocycles. The SMILES string of the molecule is CS(=O)(=O)C1CCCS(=O)(=O)C1. The van der Waals surface area contributed by atoms with E-state index in [1.54, 1.807) is 0 Å². The first-order chi connectivity index (χ1) is 5.31. The maximum Gasteiger partial charge on any atom is 0.151 e. The van der Waals surface area contributed by atoms with Crippen LogP contribution in [0.3, 0.4) is 0 Å². The molecule has 4 nitrogen and oxygen atoms in total. The van der Waals surface area contributed by atoms with E-state index >= 15 is 0 Å². The Morgan fingerprint density at radius 3 is 2.25 bits per heavy atom. The number of sulfone groups is 2. The molecule has 0 bridgehead atoms. The van der Waals surface area contributed by atoms with E-state index in [-0.39, 0.29) is 11.5 Å². The Hall–Kier alpha value is -0.100. The summed E-state index contributed by atoms with van der Waals surface area (Å²) in [5.74, 6) is -0.0507. The van der Waals surface area contributed by atoms with Gasteiger partial charge in [-0.15, -0.1) is 0 Å². The van der Waals surface area contributed by atoms with Crippen LogP contribution in [0.2, 0.25) is 0 Å². The topological polar surface area (TPSA) is 68.3 Å². The molecule has 0 amide bonds. The summed E-state index contributed by atoms with van der Waals surface area (Å²) in [4.78, 5) is 0. The molecule has 72 valence electrons. The maximum atomic E-state index is 11.0. The normalized spacial score (nSPS) is 29.9. The summed E-state index contributed by atoms with van der Waals surface area (Å²) in [6.45, 7) is 0. The van der Waals surface area contributed by atoms with Crippen LogP contribution >= 0.6 is 0 Å². The Bertz CT molecular complexity index is 339. The highest BCUT2D eigenvalue weighted by molar-refractivity contribution is 7.95. The second-order valence-electron chi connectivity index (χ2n) is 3.21. The van der Waals surface area contributed by atoms with E-state index in [0.717, 1.165) is 6.26 Å². The molecule has 0 N–H and O–H groups in total. The highest BCUT2D eigenvalue weighted by Crippen LogP contribution is 2.17. The third kappa shape index (κ3) is 2.45. The molecule has 12 heavy (non-hydrogen) atoms. The van der Waals surface area contributed by atoms with Gasteiger partial charge in [-0.3, -0.25) is 0 Å². The fourth-order valence-corrected chi connectivity index (χ4v) is 5.03. The van der Waals surface area contributed by atoms with Crippen LogP contribution in [-0.2, 0) is 19.7 Å². The molecule has 0 aromatic carbocycles. The van der Waals surface area contributed by atoms with E-state index in [9.17, 15) is 16.8 Å². The second-order valence-corrected chi connectivity index (χ2v) is 7.76. The van der Waals surface area contributed by atoms with Crippen molar-refractivity contribution in [1.82, 2.24) is 0 Å². The fraction of sp³-hybridized carbons (Fsp3) is 1.00. The van der Waals surface area contributed by atoms with Gasteiger partial charge in [-0.2, -0.15) is 0 Å². The Morgan fingerprint density at radius 1 is 1.33 bits per heavy atom. The van der Waals surface area contributed by atoms with Crippen molar-refractivity contribution in [3.05, 3.63) is 0 Å². The molecular weight excluding hydrogens is 200 g/mol. The van der Waals surface area contributed by atoms with Gasteiger partial charge in [-0.1, -0.05) is 0 Å². The first kappa shape index (κ1) is 9.98. The van der Waals surface area contributed by atoms with Crippen LogP contribution in [0.15, 0.2) is 0 Å². The van der Waals surface area contributed by atoms with Gasteiger partial charge in [0.05, 0.1) is 16.8 Å². The number of rotatable bonds is 1. The van der Waals surface area contributed by atoms with Crippen LogP contribution in [0.4, 0.5) is 0 Å². The molecule has 0 saturated carbocycles. The Kier molecular flexibility index (Phi) is 2.49. The van der Waals surface area contributed by atoms with Crippen LogP contribution in [0, 0.1) is 0 Å². The Morgan fingerprint density at radius 2 is 1.92 bits per heavy atom. The van der Waals surface area contributed by atoms with E-state index < -0.39 is 24.9 Å². The standard InChI is InChI=1S/C6H12O4S2/c1-11(7,8)6-3-2-4-12(9,10)5-6/h6H,2-5H2,1H3. The summed E-state index contributed by atoms with van der Waals surface area (Å²) in [6.07, 6.45) is 2.05. The van der Waals surface area contributed by atoms with Gasteiger partial charge in [-0.25, -0.2) is 16.8 Å². The maximum absolute atomic E-state index is 11.0. The van der Waals surface area contributed by atoms with Gasteiger partial charge in [0, 0.05) is 6.26 Å². The predicted octanol–water partition coefficient (Wildman–Crippen LogP) is -0.392. The van der Waals surface area contributed by atoms with E-state index in [2.05, 4.69) is 0 Å². The molecule has 1 aliphatic rings. The highest BCUT2D eigenvalue weighted by atomic mass is 32.2. The van der Waals surface area contributed by atoms with Crippen molar-refractivity contribution in [2.75, 3.05) is 17.8 Å². The lowest BCUT2D eigenvalue weighted by atomic mass is 10.3. The van der Waals surface area contributed by atoms with Crippen LogP contribution in [-0.4, -0.2) is 39.8 Å². The minimum atomic E-state index is -3.18. The molecule has 6 heteroatoms.